The van der Waals surface area contributed by atoms with Crippen molar-refractivity contribution in [3.63, 3.8) is 0 Å². The van der Waals surface area contributed by atoms with Crippen LogP contribution in [0.4, 0.5) is 0 Å². The van der Waals surface area contributed by atoms with E-state index in [0.717, 1.165) is 0 Å². The largest absolute Gasteiger partial charge is 0.479 e. The number of carboxylic acids is 1. The van der Waals surface area contributed by atoms with Gasteiger partial charge in [0.05, 0.1) is 6.42 Å². The van der Waals surface area contributed by atoms with Gasteiger partial charge in [-0.2, -0.15) is 0 Å². The second-order valence-electron chi connectivity index (χ2n) is 3.80. The van der Waals surface area contributed by atoms with Crippen molar-refractivity contribution in [2.24, 2.45) is 0 Å². The Morgan fingerprint density at radius 2 is 1.36 bits per heavy atom. The Morgan fingerprint density at radius 1 is 0.864 bits per heavy atom. The lowest BCUT2D eigenvalue weighted by molar-refractivity contribution is -0.165. The molecule has 5 N–H and O–H groups in total. The van der Waals surface area contributed by atoms with Crippen molar-refractivity contribution in [2.75, 3.05) is 0 Å². The highest BCUT2D eigenvalue weighted by Gasteiger charge is 2.36. The standard InChI is InChI=1S/C15H12O7/c1-2-3-4-5-6-7-8-9-10(16)11(17)12(18)13(19)14(20)15(21)22/h1,11-14,17-20H,9H2,(H,21,22)/t11-,12+,13-,14-/m1/s1. The van der Waals surface area contributed by atoms with Gasteiger partial charge >= 0.3 is 5.97 Å². The first-order valence-electron chi connectivity index (χ1n) is 5.74. The predicted octanol–water partition coefficient (Wildman–Crippen LogP) is -2.88. The zero-order valence-electron chi connectivity index (χ0n) is 11.1. The maximum atomic E-state index is 11.5. The van der Waals surface area contributed by atoms with Crippen LogP contribution in [0.1, 0.15) is 6.42 Å². The number of hydrogen-bond donors (Lipinski definition) is 5. The predicted molar refractivity (Wildman–Crippen MR) is 73.4 cm³/mol. The number of carbonyl (C=O) groups excluding carboxylic acids is 1. The molecule has 4 atom stereocenters. The molecule has 0 aliphatic carbocycles. The molecule has 22 heavy (non-hydrogen) atoms. The zero-order valence-corrected chi connectivity index (χ0v) is 11.1. The van der Waals surface area contributed by atoms with Crippen LogP contribution in [-0.2, 0) is 9.59 Å². The molecule has 7 nitrogen and oxygen atoms in total. The van der Waals surface area contributed by atoms with Crippen LogP contribution in [0.5, 0.6) is 0 Å². The van der Waals surface area contributed by atoms with Gasteiger partial charge in [-0.25, -0.2) is 4.79 Å². The summed E-state index contributed by atoms with van der Waals surface area (Å²) < 4.78 is 0. The molecule has 0 bridgehead atoms. The van der Waals surface area contributed by atoms with Crippen LogP contribution in [0.25, 0.3) is 0 Å². The number of ketones is 1. The van der Waals surface area contributed by atoms with Crippen molar-refractivity contribution in [3.05, 3.63) is 0 Å². The summed E-state index contributed by atoms with van der Waals surface area (Å²) in [4.78, 5) is 21.9. The molecule has 0 fully saturated rings. The van der Waals surface area contributed by atoms with Crippen molar-refractivity contribution in [2.45, 2.75) is 30.8 Å². The highest BCUT2D eigenvalue weighted by molar-refractivity contribution is 5.86. The van der Waals surface area contributed by atoms with Gasteiger partial charge in [-0.05, 0) is 35.5 Å². The third kappa shape index (κ3) is 6.59. The summed E-state index contributed by atoms with van der Waals surface area (Å²) in [6.45, 7) is 0. The molecule has 0 unspecified atom stereocenters. The van der Waals surface area contributed by atoms with Crippen LogP contribution < -0.4 is 0 Å². The van der Waals surface area contributed by atoms with Crippen LogP contribution in [0.15, 0.2) is 0 Å². The monoisotopic (exact) mass is 304 g/mol. The van der Waals surface area contributed by atoms with E-state index in [-0.39, 0.29) is 0 Å². The summed E-state index contributed by atoms with van der Waals surface area (Å²) in [6, 6.07) is 0. The number of rotatable bonds is 6. The van der Waals surface area contributed by atoms with Gasteiger partial charge in [0.1, 0.15) is 18.3 Å². The lowest BCUT2D eigenvalue weighted by atomic mass is 9.99. The fourth-order valence-electron chi connectivity index (χ4n) is 1.12. The van der Waals surface area contributed by atoms with E-state index in [9.17, 15) is 24.9 Å². The molecule has 0 saturated heterocycles. The number of terminal acetylenes is 1. The normalized spacial score (nSPS) is 14.1. The third-order valence-electron chi connectivity index (χ3n) is 2.25. The molecule has 0 aliphatic rings. The number of aliphatic hydroxyl groups excluding tert-OH is 4. The maximum absolute atomic E-state index is 11.5. The van der Waals surface area contributed by atoms with Gasteiger partial charge in [0.15, 0.2) is 11.9 Å². The van der Waals surface area contributed by atoms with Gasteiger partial charge < -0.3 is 25.5 Å². The first kappa shape index (κ1) is 19.2. The molecule has 0 aromatic heterocycles. The van der Waals surface area contributed by atoms with Gasteiger partial charge in [0.25, 0.3) is 0 Å². The Labute approximate surface area is 126 Å². The SMILES string of the molecule is C#CC#CC#CC#CCC(=O)[C@@H](O)[C@H](O)[C@@H](O)[C@@H](O)C(=O)O. The number of Topliss-reactive ketones (excluding diaryl/α,β-unsaturated/α-hetero) is 1. The maximum Gasteiger partial charge on any atom is 0.335 e. The van der Waals surface area contributed by atoms with E-state index in [1.165, 1.54) is 0 Å². The fraction of sp³-hybridized carbons (Fsp3) is 0.333. The number of aliphatic hydroxyl groups is 4. The van der Waals surface area contributed by atoms with Crippen molar-refractivity contribution < 1.29 is 35.1 Å². The van der Waals surface area contributed by atoms with E-state index < -0.39 is 42.6 Å². The molecule has 0 aromatic rings. The van der Waals surface area contributed by atoms with Crippen molar-refractivity contribution in [1.29, 1.82) is 0 Å². The van der Waals surface area contributed by atoms with Crippen LogP contribution in [0.2, 0.25) is 0 Å². The van der Waals surface area contributed by atoms with E-state index in [1.807, 2.05) is 5.92 Å². The van der Waals surface area contributed by atoms with Crippen LogP contribution in [0.3, 0.4) is 0 Å². The molecular formula is C15H12O7. The molecule has 0 radical (unpaired) electrons. The molecule has 114 valence electrons. The molecule has 0 amide bonds. The van der Waals surface area contributed by atoms with Gasteiger partial charge in [-0.3, -0.25) is 4.79 Å². The minimum Gasteiger partial charge on any atom is -0.479 e. The summed E-state index contributed by atoms with van der Waals surface area (Å²) in [6.07, 6.45) is -4.53. The van der Waals surface area contributed by atoms with E-state index in [2.05, 4.69) is 35.5 Å². The molecule has 0 saturated carbocycles. The Hall–Kier alpha value is -2.78. The summed E-state index contributed by atoms with van der Waals surface area (Å²) in [5, 5.41) is 45.6. The van der Waals surface area contributed by atoms with Crippen molar-refractivity contribution in [1.82, 2.24) is 0 Å². The zero-order chi connectivity index (χ0) is 17.1. The van der Waals surface area contributed by atoms with E-state index >= 15 is 0 Å². The molecule has 0 spiro atoms. The lowest BCUT2D eigenvalue weighted by Gasteiger charge is -2.23. The quantitative estimate of drug-likeness (QED) is 0.333. The van der Waals surface area contributed by atoms with Crippen LogP contribution >= 0.6 is 0 Å². The Bertz CT molecular complexity index is 639. The first-order chi connectivity index (χ1) is 10.3. The molecule has 0 rings (SSSR count). The lowest BCUT2D eigenvalue weighted by Crippen LogP contribution is -2.49. The highest BCUT2D eigenvalue weighted by atomic mass is 16.4. The van der Waals surface area contributed by atoms with Crippen LogP contribution in [-0.4, -0.2) is 61.7 Å². The van der Waals surface area contributed by atoms with Crippen molar-refractivity contribution >= 4 is 11.8 Å². The highest BCUT2D eigenvalue weighted by Crippen LogP contribution is 2.07. The molecule has 0 aliphatic heterocycles. The summed E-state index contributed by atoms with van der Waals surface area (Å²) in [7, 11) is 0. The first-order valence-corrected chi connectivity index (χ1v) is 5.74. The molecule has 0 heterocycles. The number of aliphatic carboxylic acids is 1. The van der Waals surface area contributed by atoms with Crippen LogP contribution in [0, 0.1) is 47.9 Å². The van der Waals surface area contributed by atoms with E-state index in [0.29, 0.717) is 0 Å². The average molecular weight is 304 g/mol. The molecule has 7 heteroatoms. The Kier molecular flexibility index (Phi) is 8.75. The van der Waals surface area contributed by atoms with Gasteiger partial charge in [-0.15, -0.1) is 6.42 Å². The number of hydrogen-bond acceptors (Lipinski definition) is 6. The summed E-state index contributed by atoms with van der Waals surface area (Å²) in [5.74, 6) is 12.7. The van der Waals surface area contributed by atoms with E-state index in [1.54, 1.807) is 0 Å². The number of carbonyl (C=O) groups is 2. The fourth-order valence-corrected chi connectivity index (χ4v) is 1.12. The van der Waals surface area contributed by atoms with Crippen molar-refractivity contribution in [3.8, 4) is 47.9 Å². The van der Waals surface area contributed by atoms with Gasteiger partial charge in [0.2, 0.25) is 0 Å². The van der Waals surface area contributed by atoms with Gasteiger partial charge in [-0.1, -0.05) is 5.92 Å². The second kappa shape index (κ2) is 10.0. The van der Waals surface area contributed by atoms with Gasteiger partial charge in [0, 0.05) is 0 Å². The second-order valence-corrected chi connectivity index (χ2v) is 3.80. The molecular weight excluding hydrogens is 292 g/mol. The minimum absolute atomic E-state index is 0.509. The van der Waals surface area contributed by atoms with E-state index in [4.69, 9.17) is 16.6 Å². The summed E-state index contributed by atoms with van der Waals surface area (Å²) >= 11 is 0. The topological polar surface area (TPSA) is 135 Å². The smallest absolute Gasteiger partial charge is 0.335 e. The third-order valence-corrected chi connectivity index (χ3v) is 2.25. The summed E-state index contributed by atoms with van der Waals surface area (Å²) in [5.41, 5.74) is 0. The molecule has 0 aromatic carbocycles. The average Bonchev–Trinajstić information content (AvgIpc) is 2.50. The number of carboxylic acid groups (broad SMARTS) is 1. The minimum atomic E-state index is -2.34. The Balaban J connectivity index is 4.61. The Morgan fingerprint density at radius 3 is 1.91 bits per heavy atom.